The highest BCUT2D eigenvalue weighted by molar-refractivity contribution is 5.95. The van der Waals surface area contributed by atoms with Crippen LogP contribution in [0.5, 0.6) is 0 Å². The van der Waals surface area contributed by atoms with E-state index in [9.17, 15) is 5.11 Å². The zero-order valence-corrected chi connectivity index (χ0v) is 9.21. The molecule has 1 aliphatic carbocycles. The third-order valence-corrected chi connectivity index (χ3v) is 2.86. The fraction of sp³-hybridized carbons (Fsp3) is 0. The van der Waals surface area contributed by atoms with Crippen LogP contribution in [0.15, 0.2) is 60.9 Å². The van der Waals surface area contributed by atoms with Crippen molar-refractivity contribution in [2.24, 2.45) is 0 Å². The van der Waals surface area contributed by atoms with Crippen LogP contribution in [-0.4, -0.2) is 0 Å². The maximum Gasteiger partial charge on any atom is 0.173 e. The molecule has 1 aliphatic rings. The third kappa shape index (κ3) is 1.64. The van der Waals surface area contributed by atoms with Crippen molar-refractivity contribution in [3.05, 3.63) is 72.1 Å². The first kappa shape index (κ1) is 9.85. The molecule has 0 spiro atoms. The summed E-state index contributed by atoms with van der Waals surface area (Å²) in [6.07, 6.45) is 7.40. The summed E-state index contributed by atoms with van der Waals surface area (Å²) in [6, 6.07) is 13.5. The Kier molecular flexibility index (Phi) is 2.26. The highest BCUT2D eigenvalue weighted by Gasteiger charge is 2.14. The van der Waals surface area contributed by atoms with Gasteiger partial charge in [0.1, 0.15) is 0 Å². The minimum Gasteiger partial charge on any atom is -0.822 e. The summed E-state index contributed by atoms with van der Waals surface area (Å²) in [7, 11) is 0. The second kappa shape index (κ2) is 3.91. The van der Waals surface area contributed by atoms with Crippen molar-refractivity contribution in [1.29, 1.82) is 0 Å². The molecule has 3 rings (SSSR count). The summed E-state index contributed by atoms with van der Waals surface area (Å²) in [4.78, 5) is 0. The average molecular weight is 221 g/mol. The van der Waals surface area contributed by atoms with Gasteiger partial charge in [-0.05, 0) is 17.2 Å². The van der Waals surface area contributed by atoms with E-state index in [1.54, 1.807) is 17.0 Å². The maximum absolute atomic E-state index is 12.3. The summed E-state index contributed by atoms with van der Waals surface area (Å²) < 4.78 is 1.60. The van der Waals surface area contributed by atoms with Gasteiger partial charge in [0.05, 0.1) is 0 Å². The van der Waals surface area contributed by atoms with Crippen molar-refractivity contribution < 1.29 is 9.67 Å². The standard InChI is InChI=1S/C15H11NO/c17-15(16-10-4-1-5-11-16)14-9-8-12-6-2-3-7-13(12)14/h1-11H/b15-14-. The van der Waals surface area contributed by atoms with Crippen molar-refractivity contribution in [2.75, 3.05) is 0 Å². The van der Waals surface area contributed by atoms with Crippen molar-refractivity contribution in [3.63, 3.8) is 0 Å². The van der Waals surface area contributed by atoms with E-state index in [4.69, 9.17) is 0 Å². The lowest BCUT2D eigenvalue weighted by Gasteiger charge is -2.09. The average Bonchev–Trinajstić information content (AvgIpc) is 2.83. The number of hydrogen-bond donors (Lipinski definition) is 0. The van der Waals surface area contributed by atoms with Crippen LogP contribution in [0, 0.1) is 0 Å². The second-order valence-corrected chi connectivity index (χ2v) is 3.92. The van der Waals surface area contributed by atoms with Crippen molar-refractivity contribution >= 4 is 17.5 Å². The number of allylic oxidation sites excluding steroid dienone is 2. The smallest absolute Gasteiger partial charge is 0.173 e. The molecule has 1 heterocycles. The fourth-order valence-corrected chi connectivity index (χ4v) is 2.01. The Labute approximate surface area is 99.8 Å². The zero-order valence-electron chi connectivity index (χ0n) is 9.21. The number of nitrogens with zero attached hydrogens (tertiary/aromatic N) is 1. The minimum atomic E-state index is 0.00630. The van der Waals surface area contributed by atoms with Crippen molar-refractivity contribution in [2.45, 2.75) is 0 Å². The van der Waals surface area contributed by atoms with Crippen molar-refractivity contribution in [1.82, 2.24) is 0 Å². The Balaban J connectivity index is 2.15. The molecular weight excluding hydrogens is 210 g/mol. The van der Waals surface area contributed by atoms with Gasteiger partial charge < -0.3 is 5.11 Å². The van der Waals surface area contributed by atoms with Gasteiger partial charge in [0.25, 0.3) is 0 Å². The largest absolute Gasteiger partial charge is 0.822 e. The first-order valence-electron chi connectivity index (χ1n) is 5.52. The van der Waals surface area contributed by atoms with Gasteiger partial charge in [-0.25, -0.2) is 0 Å². The van der Waals surface area contributed by atoms with Gasteiger partial charge in [-0.15, -0.1) is 0 Å². The predicted molar refractivity (Wildman–Crippen MR) is 65.2 cm³/mol. The van der Waals surface area contributed by atoms with E-state index >= 15 is 0 Å². The van der Waals surface area contributed by atoms with Gasteiger partial charge in [0.15, 0.2) is 18.3 Å². The van der Waals surface area contributed by atoms with E-state index in [-0.39, 0.29) is 5.88 Å². The Morgan fingerprint density at radius 2 is 1.65 bits per heavy atom. The van der Waals surface area contributed by atoms with Gasteiger partial charge >= 0.3 is 0 Å². The zero-order chi connectivity index (χ0) is 11.7. The van der Waals surface area contributed by atoms with E-state index in [1.807, 2.05) is 54.6 Å². The predicted octanol–water partition coefficient (Wildman–Crippen LogP) is 1.69. The van der Waals surface area contributed by atoms with E-state index < -0.39 is 0 Å². The molecule has 0 saturated carbocycles. The number of hydrogen-bond acceptors (Lipinski definition) is 1. The molecule has 82 valence electrons. The summed E-state index contributed by atoms with van der Waals surface area (Å²) in [5.41, 5.74) is 2.86. The number of benzene rings is 1. The molecule has 1 aromatic heterocycles. The summed E-state index contributed by atoms with van der Waals surface area (Å²) in [5, 5.41) is 12.3. The minimum absolute atomic E-state index is 0.00630. The molecule has 0 bridgehead atoms. The Bertz CT molecular complexity index is 612. The molecular formula is C15H11NO. The van der Waals surface area contributed by atoms with Gasteiger partial charge in [-0.2, -0.15) is 4.57 Å². The maximum atomic E-state index is 12.3. The van der Waals surface area contributed by atoms with Crippen LogP contribution in [0.25, 0.3) is 17.5 Å². The third-order valence-electron chi connectivity index (χ3n) is 2.86. The lowest BCUT2D eigenvalue weighted by atomic mass is 10.1. The first-order chi connectivity index (χ1) is 8.36. The molecule has 17 heavy (non-hydrogen) atoms. The molecule has 0 aliphatic heterocycles. The second-order valence-electron chi connectivity index (χ2n) is 3.92. The van der Waals surface area contributed by atoms with Crippen LogP contribution in [0.1, 0.15) is 11.1 Å². The van der Waals surface area contributed by atoms with E-state index in [0.717, 1.165) is 16.7 Å². The van der Waals surface area contributed by atoms with Gasteiger partial charge in [-0.1, -0.05) is 36.4 Å². The highest BCUT2D eigenvalue weighted by Crippen LogP contribution is 2.29. The molecule has 2 nitrogen and oxygen atoms in total. The van der Waals surface area contributed by atoms with E-state index in [1.165, 1.54) is 0 Å². The number of rotatable bonds is 1. The molecule has 0 N–H and O–H groups in total. The normalized spacial score (nSPS) is 15.8. The topological polar surface area (TPSA) is 26.9 Å². The summed E-state index contributed by atoms with van der Waals surface area (Å²) in [5.74, 6) is 0.00630. The van der Waals surface area contributed by atoms with Crippen LogP contribution >= 0.6 is 0 Å². The summed E-state index contributed by atoms with van der Waals surface area (Å²) >= 11 is 0. The van der Waals surface area contributed by atoms with Crippen LogP contribution in [0.2, 0.25) is 0 Å². The SMILES string of the molecule is [O-]/C(=C1/C=Cc2ccccc21)[n+]1ccccc1. The number of fused-ring (bicyclic) bond motifs is 1. The van der Waals surface area contributed by atoms with E-state index in [2.05, 4.69) is 0 Å². The highest BCUT2D eigenvalue weighted by atomic mass is 16.3. The Morgan fingerprint density at radius 3 is 2.47 bits per heavy atom. The molecule has 2 heteroatoms. The Morgan fingerprint density at radius 1 is 0.882 bits per heavy atom. The van der Waals surface area contributed by atoms with Gasteiger partial charge in [0.2, 0.25) is 0 Å². The lowest BCUT2D eigenvalue weighted by molar-refractivity contribution is -0.651. The van der Waals surface area contributed by atoms with Crippen LogP contribution in [0.3, 0.4) is 0 Å². The van der Waals surface area contributed by atoms with Crippen LogP contribution in [0.4, 0.5) is 0 Å². The number of pyridine rings is 1. The summed E-state index contributed by atoms with van der Waals surface area (Å²) in [6.45, 7) is 0. The molecule has 2 aromatic rings. The first-order valence-corrected chi connectivity index (χ1v) is 5.52. The Hall–Kier alpha value is -2.35. The van der Waals surface area contributed by atoms with Crippen LogP contribution < -0.4 is 9.67 Å². The monoisotopic (exact) mass is 221 g/mol. The van der Waals surface area contributed by atoms with Crippen molar-refractivity contribution in [3.8, 4) is 0 Å². The van der Waals surface area contributed by atoms with Crippen LogP contribution in [-0.2, 0) is 0 Å². The van der Waals surface area contributed by atoms with E-state index in [0.29, 0.717) is 0 Å². The quantitative estimate of drug-likeness (QED) is 0.531. The van der Waals surface area contributed by atoms with Gasteiger partial charge in [0, 0.05) is 17.7 Å². The molecule has 0 atom stereocenters. The molecule has 0 radical (unpaired) electrons. The molecule has 0 fully saturated rings. The molecule has 0 amide bonds. The molecule has 0 saturated heterocycles. The lowest BCUT2D eigenvalue weighted by Crippen LogP contribution is -2.38. The number of aromatic nitrogens is 1. The fourth-order valence-electron chi connectivity index (χ4n) is 2.01. The van der Waals surface area contributed by atoms with Gasteiger partial charge in [-0.3, -0.25) is 0 Å². The molecule has 1 aromatic carbocycles. The molecule has 0 unspecified atom stereocenters.